The third-order valence-corrected chi connectivity index (χ3v) is 2.11. The van der Waals surface area contributed by atoms with E-state index in [0.717, 1.165) is 12.4 Å². The highest BCUT2D eigenvalue weighted by atomic mass is 19.4. The molecular weight excluding hydrogens is 297 g/mol. The van der Waals surface area contributed by atoms with E-state index in [1.807, 2.05) is 0 Å². The van der Waals surface area contributed by atoms with Gasteiger partial charge in [-0.1, -0.05) is 0 Å². The standard InChI is InChI=1S/C9H10F5NO5/c1-20-5(16)3-2-4(6(17)18)15-7(19)8(10,11)9(12,13)14/h4H,2-3H2,1H3,(H,15,19)(H,17,18)/t4-/m1/s1. The predicted molar refractivity (Wildman–Crippen MR) is 51.8 cm³/mol. The van der Waals surface area contributed by atoms with Crippen LogP contribution in [-0.2, 0) is 19.1 Å². The zero-order chi connectivity index (χ0) is 16.1. The minimum Gasteiger partial charge on any atom is -0.480 e. The number of ether oxygens (including phenoxy) is 1. The fraction of sp³-hybridized carbons (Fsp3) is 0.667. The number of aliphatic carboxylic acids is 1. The molecule has 0 spiro atoms. The van der Waals surface area contributed by atoms with Gasteiger partial charge >= 0.3 is 29.9 Å². The van der Waals surface area contributed by atoms with E-state index in [0.29, 0.717) is 0 Å². The van der Waals surface area contributed by atoms with Crippen molar-refractivity contribution in [1.82, 2.24) is 5.32 Å². The van der Waals surface area contributed by atoms with E-state index in [4.69, 9.17) is 5.11 Å². The van der Waals surface area contributed by atoms with Crippen molar-refractivity contribution >= 4 is 17.8 Å². The van der Waals surface area contributed by atoms with Crippen LogP contribution in [0.15, 0.2) is 0 Å². The Labute approximate surface area is 108 Å². The Morgan fingerprint density at radius 2 is 1.70 bits per heavy atom. The first kappa shape index (κ1) is 18.1. The van der Waals surface area contributed by atoms with E-state index in [2.05, 4.69) is 4.74 Å². The van der Waals surface area contributed by atoms with Crippen LogP contribution in [0, 0.1) is 0 Å². The normalized spacial score (nSPS) is 13.5. The Balaban J connectivity index is 4.81. The minimum atomic E-state index is -6.15. The highest BCUT2D eigenvalue weighted by Crippen LogP contribution is 2.35. The smallest absolute Gasteiger partial charge is 0.463 e. The second-order valence-electron chi connectivity index (χ2n) is 3.55. The first-order valence-electron chi connectivity index (χ1n) is 4.98. The molecular formula is C9H10F5NO5. The van der Waals surface area contributed by atoms with Crippen molar-refractivity contribution in [3.8, 4) is 0 Å². The molecule has 1 amide bonds. The first-order chi connectivity index (χ1) is 8.93. The van der Waals surface area contributed by atoms with Crippen molar-refractivity contribution in [2.75, 3.05) is 7.11 Å². The molecule has 0 aromatic rings. The SMILES string of the molecule is COC(=O)CC[C@@H](NC(=O)C(F)(F)C(F)(F)F)C(=O)O. The number of nitrogens with one attached hydrogen (secondary N) is 1. The Morgan fingerprint density at radius 3 is 2.05 bits per heavy atom. The highest BCUT2D eigenvalue weighted by Gasteiger charge is 2.63. The Bertz CT molecular complexity index is 395. The lowest BCUT2D eigenvalue weighted by Gasteiger charge is -2.21. The highest BCUT2D eigenvalue weighted by molar-refractivity contribution is 5.88. The third-order valence-electron chi connectivity index (χ3n) is 2.11. The molecule has 0 saturated carbocycles. The molecule has 2 N–H and O–H groups in total. The largest absolute Gasteiger partial charge is 0.480 e. The van der Waals surface area contributed by atoms with Crippen LogP contribution in [0.4, 0.5) is 22.0 Å². The Kier molecular flexibility index (Phi) is 5.85. The summed E-state index contributed by atoms with van der Waals surface area (Å²) in [6, 6.07) is -2.07. The molecule has 0 saturated heterocycles. The number of rotatable bonds is 6. The number of carbonyl (C=O) groups excluding carboxylic acids is 2. The van der Waals surface area contributed by atoms with Crippen LogP contribution in [0.5, 0.6) is 0 Å². The number of carboxylic acid groups (broad SMARTS) is 1. The molecule has 0 aliphatic rings. The summed E-state index contributed by atoms with van der Waals surface area (Å²) in [5, 5.41) is 9.61. The number of halogens is 5. The van der Waals surface area contributed by atoms with Gasteiger partial charge in [-0.3, -0.25) is 9.59 Å². The molecule has 0 aromatic carbocycles. The molecule has 0 bridgehead atoms. The van der Waals surface area contributed by atoms with Crippen LogP contribution in [0.25, 0.3) is 0 Å². The molecule has 0 fully saturated rings. The lowest BCUT2D eigenvalue weighted by Crippen LogP contribution is -2.54. The van der Waals surface area contributed by atoms with Crippen molar-refractivity contribution in [2.24, 2.45) is 0 Å². The lowest BCUT2D eigenvalue weighted by molar-refractivity contribution is -0.270. The van der Waals surface area contributed by atoms with Gasteiger partial charge in [0.15, 0.2) is 0 Å². The van der Waals surface area contributed by atoms with Gasteiger partial charge in [-0.15, -0.1) is 0 Å². The van der Waals surface area contributed by atoms with Gasteiger partial charge in [0.05, 0.1) is 7.11 Å². The maximum atomic E-state index is 12.6. The molecule has 20 heavy (non-hydrogen) atoms. The number of carbonyl (C=O) groups is 3. The molecule has 0 unspecified atom stereocenters. The van der Waals surface area contributed by atoms with Crippen LogP contribution >= 0.6 is 0 Å². The molecule has 0 aromatic heterocycles. The van der Waals surface area contributed by atoms with Gasteiger partial charge < -0.3 is 15.2 Å². The topological polar surface area (TPSA) is 92.7 Å². The van der Waals surface area contributed by atoms with Gasteiger partial charge in [-0.05, 0) is 6.42 Å². The van der Waals surface area contributed by atoms with Gasteiger partial charge in [0.1, 0.15) is 6.04 Å². The third kappa shape index (κ3) is 4.63. The summed E-state index contributed by atoms with van der Waals surface area (Å²) in [7, 11) is 0.967. The van der Waals surface area contributed by atoms with E-state index in [9.17, 15) is 36.3 Å². The van der Waals surface area contributed by atoms with Gasteiger partial charge in [-0.2, -0.15) is 22.0 Å². The van der Waals surface area contributed by atoms with Gasteiger partial charge in [0.2, 0.25) is 0 Å². The molecule has 1 atom stereocenters. The number of amides is 1. The maximum Gasteiger partial charge on any atom is 0.463 e. The number of esters is 1. The lowest BCUT2D eigenvalue weighted by atomic mass is 10.1. The fourth-order valence-electron chi connectivity index (χ4n) is 0.999. The van der Waals surface area contributed by atoms with Crippen LogP contribution in [0.3, 0.4) is 0 Å². The molecule has 0 rings (SSSR count). The second-order valence-corrected chi connectivity index (χ2v) is 3.55. The summed E-state index contributed by atoms with van der Waals surface area (Å²) in [5.74, 6) is -11.3. The summed E-state index contributed by atoms with van der Waals surface area (Å²) in [5.41, 5.74) is 0. The molecule has 0 heterocycles. The van der Waals surface area contributed by atoms with Gasteiger partial charge in [-0.25, -0.2) is 4.79 Å². The van der Waals surface area contributed by atoms with Crippen LogP contribution in [0.1, 0.15) is 12.8 Å². The van der Waals surface area contributed by atoms with E-state index in [1.54, 1.807) is 0 Å². The molecule has 0 aliphatic carbocycles. The molecule has 0 aliphatic heterocycles. The molecule has 0 radical (unpaired) electrons. The van der Waals surface area contributed by atoms with E-state index < -0.39 is 48.8 Å². The Hall–Kier alpha value is -1.94. The molecule has 11 heteroatoms. The zero-order valence-corrected chi connectivity index (χ0v) is 9.96. The van der Waals surface area contributed by atoms with Gasteiger partial charge in [0.25, 0.3) is 0 Å². The number of hydrogen-bond acceptors (Lipinski definition) is 4. The number of methoxy groups -OCH3 is 1. The quantitative estimate of drug-likeness (QED) is 0.557. The minimum absolute atomic E-state index is 0.578. The summed E-state index contributed by atoms with van der Waals surface area (Å²) in [4.78, 5) is 32.1. The van der Waals surface area contributed by atoms with Crippen molar-refractivity contribution in [3.05, 3.63) is 0 Å². The van der Waals surface area contributed by atoms with Crippen LogP contribution in [0.2, 0.25) is 0 Å². The summed E-state index contributed by atoms with van der Waals surface area (Å²) in [6.45, 7) is 0. The van der Waals surface area contributed by atoms with E-state index in [-0.39, 0.29) is 0 Å². The number of hydrogen-bond donors (Lipinski definition) is 2. The van der Waals surface area contributed by atoms with Crippen molar-refractivity contribution in [1.29, 1.82) is 0 Å². The summed E-state index contributed by atoms with van der Waals surface area (Å²) in [6.07, 6.45) is -7.42. The van der Waals surface area contributed by atoms with Crippen molar-refractivity contribution in [3.63, 3.8) is 0 Å². The fourth-order valence-corrected chi connectivity index (χ4v) is 0.999. The van der Waals surface area contributed by atoms with Crippen molar-refractivity contribution in [2.45, 2.75) is 31.0 Å². The molecule has 116 valence electrons. The van der Waals surface area contributed by atoms with E-state index >= 15 is 0 Å². The van der Waals surface area contributed by atoms with Crippen molar-refractivity contribution < 1.29 is 46.2 Å². The first-order valence-corrected chi connectivity index (χ1v) is 4.98. The zero-order valence-electron chi connectivity index (χ0n) is 9.96. The summed E-state index contributed by atoms with van der Waals surface area (Å²) >= 11 is 0. The average molecular weight is 307 g/mol. The van der Waals surface area contributed by atoms with Crippen LogP contribution < -0.4 is 5.32 Å². The number of alkyl halides is 5. The Morgan fingerprint density at radius 1 is 1.20 bits per heavy atom. The second kappa shape index (κ2) is 6.48. The monoisotopic (exact) mass is 307 g/mol. The average Bonchev–Trinajstić information content (AvgIpc) is 2.31. The van der Waals surface area contributed by atoms with Crippen LogP contribution in [-0.4, -0.2) is 48.2 Å². The summed E-state index contributed by atoms with van der Waals surface area (Å²) < 4.78 is 64.9. The molecule has 6 nitrogen and oxygen atoms in total. The maximum absolute atomic E-state index is 12.6. The number of carboxylic acids is 1. The predicted octanol–water partition coefficient (Wildman–Crippen LogP) is 0.707. The van der Waals surface area contributed by atoms with Gasteiger partial charge in [0, 0.05) is 6.42 Å². The van der Waals surface area contributed by atoms with E-state index in [1.165, 1.54) is 0 Å².